The number of hydrogen-bond donors (Lipinski definition) is 4. The van der Waals surface area contributed by atoms with Gasteiger partial charge >= 0.3 is 0 Å². The molecule has 8 heterocycles. The van der Waals surface area contributed by atoms with Crippen LogP contribution in [0.4, 0.5) is 5.69 Å². The van der Waals surface area contributed by atoms with Gasteiger partial charge in [0, 0.05) is 50.1 Å². The highest BCUT2D eigenvalue weighted by molar-refractivity contribution is 5.38. The molecule has 0 fully saturated rings. The second-order valence-corrected chi connectivity index (χ2v) is 34.1. The number of unbranched alkanes of at least 4 members (excludes halogenated alkanes) is 1. The molecule has 0 aliphatic heterocycles. The van der Waals surface area contributed by atoms with Crippen LogP contribution in [0.1, 0.15) is 185 Å². The first-order valence-corrected chi connectivity index (χ1v) is 46.8. The van der Waals surface area contributed by atoms with E-state index in [2.05, 4.69) is 325 Å². The number of nitrogens with zero attached hydrogens (tertiary/aromatic N) is 27. The van der Waals surface area contributed by atoms with Crippen LogP contribution in [0, 0.1) is 39.7 Å². The lowest BCUT2D eigenvalue weighted by atomic mass is 9.88. The average molecular weight is 1920 g/mol. The molecule has 0 unspecified atom stereocenters. The van der Waals surface area contributed by atoms with E-state index in [0.717, 1.165) is 160 Å². The van der Waals surface area contributed by atoms with E-state index in [1.165, 1.54) is 75.6 Å². The van der Waals surface area contributed by atoms with Crippen LogP contribution >= 0.6 is 0 Å². The lowest BCUT2D eigenvalue weighted by Gasteiger charge is -2.25. The number of rotatable bonds is 46. The van der Waals surface area contributed by atoms with Gasteiger partial charge in [0.15, 0.2) is 0 Å². The number of nitro benzene ring substituents is 1. The third-order valence-electron chi connectivity index (χ3n) is 24.1. The lowest BCUT2D eigenvalue weighted by molar-refractivity contribution is -0.384. The van der Waals surface area contributed by atoms with Gasteiger partial charge in [-0.05, 0) is 157 Å². The number of ether oxygens (including phenoxy) is 1. The molecule has 0 amide bonds. The third-order valence-corrected chi connectivity index (χ3v) is 24.1. The molecule has 734 valence electrons. The van der Waals surface area contributed by atoms with Crippen molar-refractivity contribution in [3.8, 4) is 17.9 Å². The van der Waals surface area contributed by atoms with Crippen LogP contribution in [0.25, 0.3) is 0 Å². The standard InChI is InChI=1S/C29H28N8.C28H28N8O2.C26H33N7O.C23H24N8.3CH4/c30-17-23-11-13-24(14-12-23)18-37-22-33-35-29(37)20-36(19-28-31-21-32-34-28)16-15-27(25-7-3-1-4-8-25)26-9-5-2-6-10-26;37-36(38)25-13-11-22(12-14-25)17-35-21-31-33-28(35)19-34(18-27-29-20-30-32-27)16-15-26(23-7-3-1-4-8-23)24-9-5-2-6-10-24;1-34-24-14-12-23(13-15-24)11-7-17-33-21-29-31-26(33)19-32(18-25-27-20-28-30-25)16-6-5-10-22-8-3-2-4-9-22;1-18-2-4-19(5-3-18)10-11-30(14-22-25-16-26-28-22)15-23-29-27-17-31(23)13-21-8-6-20(12-24)7-9-21;;;/h1-14,21-22,27H,15-16,18-20H2,(H,31,32,34);1-14,20-21,26H,15-19H2,(H,29,30,32);2-4,8-9,12-15,20-21H,5-7,10-11,16-19H2,1H3,(H,27,28,30);2-9,16-17H,10-11,13-15H2,1H3,(H,25,26,28);3*1H4. The highest BCUT2D eigenvalue weighted by atomic mass is 16.6. The van der Waals surface area contributed by atoms with Gasteiger partial charge in [0.2, 0.25) is 0 Å². The SMILES string of the molecule is C.C.C.COc1ccc(CCCn2cnnc2CN(CCCCc2ccccc2)Cc2ncn[nH]2)cc1.Cc1ccc(CCN(Cc2ncn[nH]2)Cc2nncn2Cc2ccc(C#N)cc2)cc1.N#Cc1ccc(Cn2cnnc2CN(CCC(c2ccccc2)c2ccccc2)Cc2ncn[nH]2)cc1.O=[N+]([O-])c1ccc(Cn2cnnc2CN(CCC(c2ccccc2)c2ccccc2)Cc2ncn[nH]2)cc1. The van der Waals surface area contributed by atoms with Crippen LogP contribution in [0.5, 0.6) is 5.75 Å². The largest absolute Gasteiger partial charge is 0.497 e. The molecule has 18 aromatic rings. The van der Waals surface area contributed by atoms with E-state index >= 15 is 0 Å². The Morgan fingerprint density at radius 1 is 0.357 bits per heavy atom. The van der Waals surface area contributed by atoms with Crippen molar-refractivity contribution in [3.63, 3.8) is 0 Å². The van der Waals surface area contributed by atoms with E-state index in [1.807, 2.05) is 88.3 Å². The number of hydrogen-bond acceptors (Lipinski definition) is 25. The molecule has 0 bridgehead atoms. The van der Waals surface area contributed by atoms with Gasteiger partial charge in [-0.15, -0.1) is 40.8 Å². The van der Waals surface area contributed by atoms with Crippen molar-refractivity contribution in [3.05, 3.63) is 453 Å². The van der Waals surface area contributed by atoms with Crippen LogP contribution in [0.3, 0.4) is 0 Å². The van der Waals surface area contributed by atoms with Gasteiger partial charge in [-0.2, -0.15) is 30.9 Å². The molecule has 143 heavy (non-hydrogen) atoms. The first-order valence-electron chi connectivity index (χ1n) is 46.8. The molecule has 18 rings (SSSR count). The van der Waals surface area contributed by atoms with Crippen molar-refractivity contribution >= 4 is 5.69 Å². The summed E-state index contributed by atoms with van der Waals surface area (Å²) in [6, 6.07) is 96.1. The van der Waals surface area contributed by atoms with Crippen molar-refractivity contribution in [2.24, 2.45) is 0 Å². The Bertz CT molecular complexity index is 6560. The van der Waals surface area contributed by atoms with Crippen molar-refractivity contribution in [2.75, 3.05) is 33.3 Å². The van der Waals surface area contributed by atoms with Crippen LogP contribution in [-0.4, -0.2) is 178 Å². The number of benzene rings is 10. The summed E-state index contributed by atoms with van der Waals surface area (Å²) < 4.78 is 13.5. The Kier molecular flexibility index (Phi) is 41.5. The zero-order valence-electron chi connectivity index (χ0n) is 78.5. The van der Waals surface area contributed by atoms with Crippen molar-refractivity contribution in [1.82, 2.24) is 139 Å². The topological polar surface area (TPSA) is 402 Å². The number of non-ortho nitro benzene ring substituents is 1. The number of nitro groups is 1. The molecule has 34 heteroatoms. The fourth-order valence-electron chi connectivity index (χ4n) is 16.6. The number of aryl methyl sites for hydroxylation is 4. The van der Waals surface area contributed by atoms with E-state index in [0.29, 0.717) is 76.6 Å². The predicted octanol–water partition coefficient (Wildman–Crippen LogP) is 18.0. The number of nitrogens with one attached hydrogen (secondary N) is 4. The maximum atomic E-state index is 11.0. The van der Waals surface area contributed by atoms with Crippen molar-refractivity contribution < 1.29 is 9.66 Å². The Labute approximate surface area is 835 Å². The summed E-state index contributed by atoms with van der Waals surface area (Å²) in [5.74, 6) is 8.24. The highest BCUT2D eigenvalue weighted by Gasteiger charge is 2.24. The minimum Gasteiger partial charge on any atom is -0.497 e. The highest BCUT2D eigenvalue weighted by Crippen LogP contribution is 2.32. The molecule has 0 atom stereocenters. The molecule has 0 radical (unpaired) electrons. The van der Waals surface area contributed by atoms with E-state index in [-0.39, 0.29) is 39.8 Å². The van der Waals surface area contributed by atoms with Gasteiger partial charge in [-0.25, -0.2) is 19.9 Å². The molecular weight excluding hydrogens is 1790 g/mol. The minimum atomic E-state index is -0.395. The van der Waals surface area contributed by atoms with E-state index in [1.54, 1.807) is 44.6 Å². The second-order valence-electron chi connectivity index (χ2n) is 34.1. The number of aromatic amines is 4. The molecule has 4 N–H and O–H groups in total. The van der Waals surface area contributed by atoms with Crippen molar-refractivity contribution in [1.29, 1.82) is 10.5 Å². The second kappa shape index (κ2) is 56.4. The summed E-state index contributed by atoms with van der Waals surface area (Å²) in [7, 11) is 1.69. The summed E-state index contributed by atoms with van der Waals surface area (Å²) in [5.41, 5.74) is 14.9. The minimum absolute atomic E-state index is 0. The molecule has 0 aliphatic rings. The number of H-pyrrole nitrogens is 4. The lowest BCUT2D eigenvalue weighted by Crippen LogP contribution is -2.28. The molecule has 0 saturated heterocycles. The number of methoxy groups -OCH3 is 1. The summed E-state index contributed by atoms with van der Waals surface area (Å²) in [4.78, 5) is 37.2. The van der Waals surface area contributed by atoms with Gasteiger partial charge in [-0.1, -0.05) is 252 Å². The first-order chi connectivity index (χ1) is 68.9. The van der Waals surface area contributed by atoms with Crippen LogP contribution < -0.4 is 4.74 Å². The van der Waals surface area contributed by atoms with Gasteiger partial charge < -0.3 is 23.0 Å². The molecule has 0 saturated carbocycles. The molecule has 8 aromatic heterocycles. The summed E-state index contributed by atoms with van der Waals surface area (Å²) in [6.45, 7) is 13.4. The van der Waals surface area contributed by atoms with Crippen LogP contribution in [0.2, 0.25) is 0 Å². The maximum Gasteiger partial charge on any atom is 0.269 e. The monoisotopic (exact) mass is 1920 g/mol. The van der Waals surface area contributed by atoms with E-state index in [4.69, 9.17) is 15.3 Å². The van der Waals surface area contributed by atoms with E-state index < -0.39 is 4.92 Å². The fraction of sp³-hybridized carbons (Fsp3) is 0.284. The van der Waals surface area contributed by atoms with Crippen LogP contribution in [0.15, 0.2) is 324 Å². The maximum absolute atomic E-state index is 11.0. The van der Waals surface area contributed by atoms with Gasteiger partial charge in [0.25, 0.3) is 5.69 Å². The summed E-state index contributed by atoms with van der Waals surface area (Å²) in [5, 5.41) is 91.2. The van der Waals surface area contributed by atoms with Gasteiger partial charge in [0.1, 0.15) is 103 Å². The fourth-order valence-corrected chi connectivity index (χ4v) is 16.6. The number of nitriles is 2. The summed E-state index contributed by atoms with van der Waals surface area (Å²) >= 11 is 0. The van der Waals surface area contributed by atoms with Gasteiger partial charge in [-0.3, -0.25) is 50.1 Å². The van der Waals surface area contributed by atoms with Crippen molar-refractivity contribution in [2.45, 2.75) is 171 Å². The zero-order chi connectivity index (χ0) is 96.3. The third kappa shape index (κ3) is 33.3. The van der Waals surface area contributed by atoms with Crippen LogP contribution in [-0.2, 0) is 97.8 Å². The average Bonchev–Trinajstić information content (AvgIpc) is 1.83. The first kappa shape index (κ1) is 105. The Morgan fingerprint density at radius 3 is 1.03 bits per heavy atom. The Morgan fingerprint density at radius 2 is 0.671 bits per heavy atom. The molecule has 0 aliphatic carbocycles. The quantitative estimate of drug-likeness (QED) is 0.0156. The molecule has 0 spiro atoms. The zero-order valence-corrected chi connectivity index (χ0v) is 78.5. The molecule has 10 aromatic carbocycles. The molecular formula is C109H125N31O3. The van der Waals surface area contributed by atoms with E-state index in [9.17, 15) is 10.1 Å². The number of aromatic nitrogens is 24. The normalized spacial score (nSPS) is 11.0. The predicted molar refractivity (Wildman–Crippen MR) is 549 cm³/mol. The molecule has 34 nitrogen and oxygen atoms in total. The Balaban J connectivity index is 0.000000169. The smallest absolute Gasteiger partial charge is 0.269 e. The Hall–Kier alpha value is -16.7. The summed E-state index contributed by atoms with van der Waals surface area (Å²) in [6.07, 6.45) is 21.3. The van der Waals surface area contributed by atoms with Gasteiger partial charge in [0.05, 0.1) is 107 Å².